The number of hydrazone groups is 1. The molecule has 0 unspecified atom stereocenters. The normalized spacial score (nSPS) is 17.2. The number of benzene rings is 1. The molecule has 0 spiro atoms. The Hall–Kier alpha value is -3.53. The zero-order chi connectivity index (χ0) is 21.3. The molecule has 2 aliphatic rings. The van der Waals surface area contributed by atoms with Crippen LogP contribution in [0.25, 0.3) is 17.4 Å². The summed E-state index contributed by atoms with van der Waals surface area (Å²) < 4.78 is 5.71. The fourth-order valence-electron chi connectivity index (χ4n) is 3.02. The number of aliphatic imine (C=N–C) groups is 1. The van der Waals surface area contributed by atoms with Gasteiger partial charge in [-0.05, 0) is 48.9 Å². The van der Waals surface area contributed by atoms with Gasteiger partial charge in [0.25, 0.3) is 11.6 Å². The molecule has 2 aliphatic heterocycles. The van der Waals surface area contributed by atoms with Gasteiger partial charge in [0.1, 0.15) is 16.6 Å². The van der Waals surface area contributed by atoms with Crippen LogP contribution in [-0.4, -0.2) is 31.9 Å². The molecule has 0 atom stereocenters. The van der Waals surface area contributed by atoms with Gasteiger partial charge in [0.15, 0.2) is 5.84 Å². The van der Waals surface area contributed by atoms with Crippen molar-refractivity contribution >= 4 is 45.5 Å². The first-order valence-corrected chi connectivity index (χ1v) is 10.1. The molecule has 2 aromatic rings. The first kappa shape index (κ1) is 19.8. The van der Waals surface area contributed by atoms with Crippen molar-refractivity contribution in [3.8, 4) is 11.3 Å². The number of furan rings is 1. The molecule has 1 aromatic heterocycles. The van der Waals surface area contributed by atoms with E-state index in [1.165, 1.54) is 28.9 Å². The van der Waals surface area contributed by atoms with Crippen molar-refractivity contribution in [2.45, 2.75) is 26.2 Å². The van der Waals surface area contributed by atoms with Crippen LogP contribution in [0, 0.1) is 15.5 Å². The zero-order valence-electron chi connectivity index (χ0n) is 16.0. The van der Waals surface area contributed by atoms with Crippen molar-refractivity contribution in [1.82, 2.24) is 5.01 Å². The summed E-state index contributed by atoms with van der Waals surface area (Å²) in [6, 6.07) is 9.42. The smallest absolute Gasteiger partial charge is 0.283 e. The Labute approximate surface area is 175 Å². The van der Waals surface area contributed by atoms with Gasteiger partial charge in [-0.3, -0.25) is 20.3 Å². The highest BCUT2D eigenvalue weighted by molar-refractivity contribution is 8.26. The number of hydrogen-bond donors (Lipinski definition) is 1. The molecule has 30 heavy (non-hydrogen) atoms. The molecule has 0 bridgehead atoms. The Balaban J connectivity index is 1.62. The predicted octanol–water partition coefficient (Wildman–Crippen LogP) is 4.66. The lowest BCUT2D eigenvalue weighted by Crippen LogP contribution is -2.35. The number of fused-ring (bicyclic) bond motifs is 1. The van der Waals surface area contributed by atoms with E-state index in [9.17, 15) is 14.9 Å². The highest BCUT2D eigenvalue weighted by atomic mass is 32.2. The van der Waals surface area contributed by atoms with Crippen LogP contribution in [0.5, 0.6) is 0 Å². The molecule has 1 aromatic carbocycles. The third-order valence-electron chi connectivity index (χ3n) is 4.52. The number of amides is 1. The Kier molecular flexibility index (Phi) is 5.32. The Morgan fingerprint density at radius 1 is 1.30 bits per heavy atom. The highest BCUT2D eigenvalue weighted by Crippen LogP contribution is 2.33. The number of nitro benzene ring substituents is 1. The van der Waals surface area contributed by atoms with Crippen molar-refractivity contribution in [2.24, 2.45) is 10.1 Å². The molecule has 152 valence electrons. The lowest BCUT2D eigenvalue weighted by atomic mass is 10.1. The Morgan fingerprint density at radius 2 is 2.10 bits per heavy atom. The summed E-state index contributed by atoms with van der Waals surface area (Å²) in [5.41, 5.74) is 0.298. The van der Waals surface area contributed by atoms with Gasteiger partial charge in [-0.15, -0.1) is 0 Å². The maximum atomic E-state index is 12.5. The lowest BCUT2D eigenvalue weighted by Gasteiger charge is -2.19. The molecule has 9 nitrogen and oxygen atoms in total. The number of nitrogens with one attached hydrogen (secondary N) is 1. The van der Waals surface area contributed by atoms with E-state index in [4.69, 9.17) is 9.83 Å². The van der Waals surface area contributed by atoms with E-state index in [2.05, 4.69) is 17.0 Å². The average molecular weight is 423 g/mol. The first-order valence-electron chi connectivity index (χ1n) is 9.30. The highest BCUT2D eigenvalue weighted by Gasteiger charge is 2.35. The monoisotopic (exact) mass is 423 g/mol. The molecule has 0 saturated heterocycles. The molecule has 1 amide bonds. The van der Waals surface area contributed by atoms with E-state index >= 15 is 0 Å². The quantitative estimate of drug-likeness (QED) is 0.409. The Morgan fingerprint density at radius 3 is 2.87 bits per heavy atom. The summed E-state index contributed by atoms with van der Waals surface area (Å²) in [5, 5.41) is 26.6. The molecule has 0 radical (unpaired) electrons. The summed E-state index contributed by atoms with van der Waals surface area (Å²) in [5.74, 6) is -0.0383. The molecular formula is C20H17N5O4S. The van der Waals surface area contributed by atoms with E-state index in [0.29, 0.717) is 16.5 Å². The molecule has 1 N–H and O–H groups in total. The SMILES string of the molecule is CCCCC1=NN2C(=N)/C(=C/c3ccc(-c4ccccc4[N+](=O)[O-])o3)C(=O)N=C2S1. The standard InChI is InChI=1S/C20H17N5O4S/c1-2-3-8-17-23-24-18(21)14(19(26)22-20(24)30-17)11-12-9-10-16(29-12)13-6-4-5-7-15(13)25(27)28/h4-7,9-11,21H,2-3,8H2,1H3/b14-11-,21-18?. The molecule has 0 fully saturated rings. The number of carbonyl (C=O) groups is 1. The van der Waals surface area contributed by atoms with Crippen LogP contribution in [0.15, 0.2) is 56.5 Å². The van der Waals surface area contributed by atoms with Crippen LogP contribution in [-0.2, 0) is 4.79 Å². The number of rotatable bonds is 6. The van der Waals surface area contributed by atoms with Gasteiger partial charge in [0, 0.05) is 6.07 Å². The number of nitro groups is 1. The van der Waals surface area contributed by atoms with Crippen LogP contribution in [0.4, 0.5) is 5.69 Å². The van der Waals surface area contributed by atoms with Gasteiger partial charge < -0.3 is 4.42 Å². The summed E-state index contributed by atoms with van der Waals surface area (Å²) in [6.07, 6.45) is 4.17. The second-order valence-corrected chi connectivity index (χ2v) is 7.63. The maximum Gasteiger partial charge on any atom is 0.283 e. The van der Waals surface area contributed by atoms with Crippen molar-refractivity contribution in [3.63, 3.8) is 0 Å². The van der Waals surface area contributed by atoms with Gasteiger partial charge >= 0.3 is 0 Å². The van der Waals surface area contributed by atoms with Gasteiger partial charge in [0.2, 0.25) is 5.17 Å². The topological polar surface area (TPSA) is 125 Å². The van der Waals surface area contributed by atoms with Gasteiger partial charge in [-0.2, -0.15) is 15.1 Å². The summed E-state index contributed by atoms with van der Waals surface area (Å²) in [7, 11) is 0. The summed E-state index contributed by atoms with van der Waals surface area (Å²) in [6.45, 7) is 2.08. The predicted molar refractivity (Wildman–Crippen MR) is 115 cm³/mol. The van der Waals surface area contributed by atoms with Crippen LogP contribution >= 0.6 is 11.8 Å². The van der Waals surface area contributed by atoms with Crippen molar-refractivity contribution < 1.29 is 14.1 Å². The number of thioether (sulfide) groups is 1. The van der Waals surface area contributed by atoms with Crippen molar-refractivity contribution in [3.05, 3.63) is 57.8 Å². The third-order valence-corrected chi connectivity index (χ3v) is 5.49. The Bertz CT molecular complexity index is 1150. The minimum atomic E-state index is -0.547. The third kappa shape index (κ3) is 3.69. The van der Waals surface area contributed by atoms with Crippen LogP contribution in [0.2, 0.25) is 0 Å². The van der Waals surface area contributed by atoms with Crippen LogP contribution in [0.3, 0.4) is 0 Å². The molecule has 3 heterocycles. The number of nitrogens with zero attached hydrogens (tertiary/aromatic N) is 4. The van der Waals surface area contributed by atoms with Crippen LogP contribution in [0.1, 0.15) is 31.9 Å². The second-order valence-electron chi connectivity index (χ2n) is 6.59. The fraction of sp³-hybridized carbons (Fsp3) is 0.200. The zero-order valence-corrected chi connectivity index (χ0v) is 16.8. The number of amidine groups is 2. The minimum absolute atomic E-state index is 0.0447. The van der Waals surface area contributed by atoms with E-state index in [1.807, 2.05) is 0 Å². The van der Waals surface area contributed by atoms with E-state index in [0.717, 1.165) is 24.3 Å². The number of carbonyl (C=O) groups excluding carboxylic acids is 1. The van der Waals surface area contributed by atoms with E-state index in [1.54, 1.807) is 30.3 Å². The van der Waals surface area contributed by atoms with Crippen molar-refractivity contribution in [1.29, 1.82) is 5.41 Å². The van der Waals surface area contributed by atoms with Crippen molar-refractivity contribution in [2.75, 3.05) is 0 Å². The molecule has 10 heteroatoms. The molecule has 0 saturated carbocycles. The fourth-order valence-corrected chi connectivity index (χ4v) is 3.95. The second kappa shape index (κ2) is 8.07. The summed E-state index contributed by atoms with van der Waals surface area (Å²) >= 11 is 1.31. The first-order chi connectivity index (χ1) is 14.5. The molecule has 4 rings (SSSR count). The molecule has 0 aliphatic carbocycles. The number of unbranched alkanes of at least 4 members (excludes halogenated alkanes) is 1. The maximum absolute atomic E-state index is 12.5. The van der Waals surface area contributed by atoms with Gasteiger partial charge in [-0.25, -0.2) is 0 Å². The van der Waals surface area contributed by atoms with Crippen LogP contribution < -0.4 is 0 Å². The van der Waals surface area contributed by atoms with Gasteiger partial charge in [-0.1, -0.05) is 25.5 Å². The lowest BCUT2D eigenvalue weighted by molar-refractivity contribution is -0.384. The van der Waals surface area contributed by atoms with E-state index in [-0.39, 0.29) is 22.9 Å². The van der Waals surface area contributed by atoms with E-state index < -0.39 is 10.8 Å². The largest absolute Gasteiger partial charge is 0.456 e. The molecular weight excluding hydrogens is 406 g/mol. The average Bonchev–Trinajstić information content (AvgIpc) is 3.36. The number of hydrogen-bond acceptors (Lipinski definition) is 7. The van der Waals surface area contributed by atoms with Gasteiger partial charge in [0.05, 0.1) is 16.1 Å². The number of para-hydroxylation sites is 1. The summed E-state index contributed by atoms with van der Waals surface area (Å²) in [4.78, 5) is 27.3. The minimum Gasteiger partial charge on any atom is -0.456 e.